The minimum Gasteiger partial charge on any atom is -0.292 e. The van der Waals surface area contributed by atoms with E-state index in [0.29, 0.717) is 0 Å². The molecule has 0 aromatic rings. The van der Waals surface area contributed by atoms with Crippen LogP contribution in [-0.4, -0.2) is 36.5 Å². The van der Waals surface area contributed by atoms with E-state index in [1.807, 2.05) is 0 Å². The molecule has 0 spiro atoms. The van der Waals surface area contributed by atoms with Crippen molar-refractivity contribution in [1.82, 2.24) is 10.2 Å². The first-order valence-electron chi connectivity index (χ1n) is 5.33. The summed E-state index contributed by atoms with van der Waals surface area (Å²) in [5.74, 6) is 0.133. The fourth-order valence-corrected chi connectivity index (χ4v) is 2.27. The van der Waals surface area contributed by atoms with Gasteiger partial charge in [0, 0.05) is 6.54 Å². The van der Waals surface area contributed by atoms with Crippen molar-refractivity contribution in [2.75, 3.05) is 19.6 Å². The van der Waals surface area contributed by atoms with Gasteiger partial charge in [-0.1, -0.05) is 6.42 Å². The SMILES string of the molecule is O=C1[N]CCCC1N1CCCCC1. The van der Waals surface area contributed by atoms with Crippen molar-refractivity contribution in [2.24, 2.45) is 0 Å². The van der Waals surface area contributed by atoms with Crippen molar-refractivity contribution in [3.05, 3.63) is 0 Å². The third-order valence-electron chi connectivity index (χ3n) is 3.02. The van der Waals surface area contributed by atoms with Crippen molar-refractivity contribution in [3.8, 4) is 0 Å². The third kappa shape index (κ3) is 2.02. The van der Waals surface area contributed by atoms with E-state index in [-0.39, 0.29) is 11.9 Å². The van der Waals surface area contributed by atoms with E-state index in [0.717, 1.165) is 32.5 Å². The van der Waals surface area contributed by atoms with Crippen LogP contribution in [0.1, 0.15) is 32.1 Å². The molecule has 3 heteroatoms. The molecule has 0 N–H and O–H groups in total. The summed E-state index contributed by atoms with van der Waals surface area (Å²) in [4.78, 5) is 13.8. The molecule has 0 aliphatic carbocycles. The fraction of sp³-hybridized carbons (Fsp3) is 0.900. The normalized spacial score (nSPS) is 31.4. The molecule has 0 bridgehead atoms. The molecule has 1 radical (unpaired) electrons. The van der Waals surface area contributed by atoms with E-state index >= 15 is 0 Å². The Hall–Kier alpha value is -0.570. The number of hydrogen-bond donors (Lipinski definition) is 0. The van der Waals surface area contributed by atoms with Gasteiger partial charge in [-0.3, -0.25) is 15.0 Å². The number of carbonyl (C=O) groups is 1. The minimum absolute atomic E-state index is 0.133. The third-order valence-corrected chi connectivity index (χ3v) is 3.02. The van der Waals surface area contributed by atoms with Gasteiger partial charge in [0.15, 0.2) is 0 Å². The molecule has 2 saturated heterocycles. The molecule has 0 aromatic heterocycles. The molecule has 1 unspecified atom stereocenters. The maximum Gasteiger partial charge on any atom is 0.258 e. The second-order valence-corrected chi connectivity index (χ2v) is 3.97. The Labute approximate surface area is 79.5 Å². The zero-order chi connectivity index (χ0) is 9.10. The van der Waals surface area contributed by atoms with Crippen LogP contribution in [0.3, 0.4) is 0 Å². The van der Waals surface area contributed by atoms with Gasteiger partial charge in [0.25, 0.3) is 5.91 Å². The molecule has 13 heavy (non-hydrogen) atoms. The molecule has 1 amide bonds. The van der Waals surface area contributed by atoms with Gasteiger partial charge in [0.1, 0.15) is 0 Å². The summed E-state index contributed by atoms with van der Waals surface area (Å²) in [7, 11) is 0. The van der Waals surface area contributed by atoms with Crippen molar-refractivity contribution in [2.45, 2.75) is 38.1 Å². The second-order valence-electron chi connectivity index (χ2n) is 3.97. The fourth-order valence-electron chi connectivity index (χ4n) is 2.27. The molecule has 1 atom stereocenters. The molecule has 0 aromatic carbocycles. The number of rotatable bonds is 1. The van der Waals surface area contributed by atoms with Crippen LogP contribution in [-0.2, 0) is 4.79 Å². The van der Waals surface area contributed by atoms with Crippen molar-refractivity contribution < 1.29 is 4.79 Å². The lowest BCUT2D eigenvalue weighted by molar-refractivity contribution is -0.129. The van der Waals surface area contributed by atoms with Crippen LogP contribution in [0.5, 0.6) is 0 Å². The van der Waals surface area contributed by atoms with Gasteiger partial charge in [-0.05, 0) is 38.8 Å². The summed E-state index contributed by atoms with van der Waals surface area (Å²) in [5.41, 5.74) is 0. The van der Waals surface area contributed by atoms with Crippen LogP contribution in [0.25, 0.3) is 0 Å². The molecular weight excluding hydrogens is 164 g/mol. The van der Waals surface area contributed by atoms with Crippen LogP contribution in [0.15, 0.2) is 0 Å². The quantitative estimate of drug-likeness (QED) is 0.598. The zero-order valence-corrected chi connectivity index (χ0v) is 8.04. The minimum atomic E-state index is 0.133. The monoisotopic (exact) mass is 181 g/mol. The average Bonchev–Trinajstić information content (AvgIpc) is 2.20. The Kier molecular flexibility index (Phi) is 2.83. The molecule has 0 saturated carbocycles. The smallest absolute Gasteiger partial charge is 0.258 e. The molecule has 73 valence electrons. The van der Waals surface area contributed by atoms with Crippen LogP contribution in [0.4, 0.5) is 0 Å². The molecule has 2 rings (SSSR count). The van der Waals surface area contributed by atoms with Gasteiger partial charge in [0.05, 0.1) is 6.04 Å². The lowest BCUT2D eigenvalue weighted by atomic mass is 10.0. The number of nitrogens with zero attached hydrogens (tertiary/aromatic N) is 2. The van der Waals surface area contributed by atoms with E-state index in [4.69, 9.17) is 0 Å². The van der Waals surface area contributed by atoms with Crippen LogP contribution in [0, 0.1) is 0 Å². The van der Waals surface area contributed by atoms with Crippen LogP contribution < -0.4 is 5.32 Å². The van der Waals surface area contributed by atoms with E-state index < -0.39 is 0 Å². The summed E-state index contributed by atoms with van der Waals surface area (Å²) in [6, 6.07) is 0.133. The molecule has 2 aliphatic heterocycles. The first-order valence-corrected chi connectivity index (χ1v) is 5.33. The Bertz CT molecular complexity index is 187. The molecule has 2 heterocycles. The van der Waals surface area contributed by atoms with Crippen molar-refractivity contribution in [1.29, 1.82) is 0 Å². The number of amides is 1. The summed E-state index contributed by atoms with van der Waals surface area (Å²) in [6.45, 7) is 2.96. The van der Waals surface area contributed by atoms with Gasteiger partial charge < -0.3 is 0 Å². The first kappa shape index (κ1) is 9.00. The topological polar surface area (TPSA) is 34.4 Å². The second kappa shape index (κ2) is 4.09. The van der Waals surface area contributed by atoms with Crippen LogP contribution >= 0.6 is 0 Å². The maximum absolute atomic E-state index is 11.5. The van der Waals surface area contributed by atoms with Crippen LogP contribution in [0.2, 0.25) is 0 Å². The molecule has 2 aliphatic rings. The molecule has 2 fully saturated rings. The Morgan fingerprint density at radius 3 is 2.62 bits per heavy atom. The standard InChI is InChI=1S/C10H17N2O/c13-10-9(5-4-6-11-10)12-7-2-1-3-8-12/h9H,1-8H2. The highest BCUT2D eigenvalue weighted by atomic mass is 16.2. The highest BCUT2D eigenvalue weighted by Gasteiger charge is 2.29. The first-order chi connectivity index (χ1) is 6.38. The summed E-state index contributed by atoms with van der Waals surface area (Å²) < 4.78 is 0. The van der Waals surface area contributed by atoms with Gasteiger partial charge in [-0.2, -0.15) is 0 Å². The Balaban J connectivity index is 1.92. The highest BCUT2D eigenvalue weighted by Crippen LogP contribution is 2.17. The lowest BCUT2D eigenvalue weighted by Crippen LogP contribution is -2.49. The predicted molar refractivity (Wildman–Crippen MR) is 50.5 cm³/mol. The van der Waals surface area contributed by atoms with E-state index in [1.165, 1.54) is 19.3 Å². The van der Waals surface area contributed by atoms with Crippen molar-refractivity contribution in [3.63, 3.8) is 0 Å². The zero-order valence-electron chi connectivity index (χ0n) is 8.04. The van der Waals surface area contributed by atoms with Crippen molar-refractivity contribution >= 4 is 5.91 Å². The van der Waals surface area contributed by atoms with Gasteiger partial charge in [-0.15, -0.1) is 0 Å². The largest absolute Gasteiger partial charge is 0.292 e. The number of likely N-dealkylation sites (tertiary alicyclic amines) is 1. The average molecular weight is 181 g/mol. The molecule has 3 nitrogen and oxygen atoms in total. The van der Waals surface area contributed by atoms with Gasteiger partial charge >= 0.3 is 0 Å². The number of piperidine rings is 2. The van der Waals surface area contributed by atoms with E-state index in [2.05, 4.69) is 10.2 Å². The maximum atomic E-state index is 11.5. The Morgan fingerprint density at radius 2 is 1.92 bits per heavy atom. The van der Waals surface area contributed by atoms with Gasteiger partial charge in [0.2, 0.25) is 0 Å². The van der Waals surface area contributed by atoms with E-state index in [9.17, 15) is 4.79 Å². The lowest BCUT2D eigenvalue weighted by Gasteiger charge is -2.34. The number of carbonyl (C=O) groups excluding carboxylic acids is 1. The summed E-state index contributed by atoms with van der Waals surface area (Å²) in [5, 5.41) is 4.01. The summed E-state index contributed by atoms with van der Waals surface area (Å²) >= 11 is 0. The highest BCUT2D eigenvalue weighted by molar-refractivity contribution is 5.82. The number of hydrogen-bond acceptors (Lipinski definition) is 2. The van der Waals surface area contributed by atoms with Gasteiger partial charge in [-0.25, -0.2) is 0 Å². The summed E-state index contributed by atoms with van der Waals surface area (Å²) in [6.07, 6.45) is 5.96. The molecular formula is C10H17N2O. The predicted octanol–water partition coefficient (Wildman–Crippen LogP) is 0.766. The van der Waals surface area contributed by atoms with E-state index in [1.54, 1.807) is 0 Å². The Morgan fingerprint density at radius 1 is 1.15 bits per heavy atom.